The lowest BCUT2D eigenvalue weighted by molar-refractivity contribution is -0.139. The molecule has 3 aromatic rings. The van der Waals surface area contributed by atoms with Crippen LogP contribution in [0, 0.1) is 6.92 Å². The van der Waals surface area contributed by atoms with E-state index >= 15 is 0 Å². The number of benzene rings is 3. The molecule has 0 aliphatic heterocycles. The summed E-state index contributed by atoms with van der Waals surface area (Å²) in [5.74, 6) is -0.162. The van der Waals surface area contributed by atoms with E-state index in [9.17, 15) is 18.0 Å². The molecule has 1 N–H and O–H groups in total. The molecule has 0 bridgehead atoms. The fourth-order valence-corrected chi connectivity index (χ4v) is 6.08. The van der Waals surface area contributed by atoms with E-state index in [0.717, 1.165) is 26.3 Å². The van der Waals surface area contributed by atoms with Gasteiger partial charge in [-0.05, 0) is 69.2 Å². The van der Waals surface area contributed by atoms with Crippen LogP contribution in [-0.4, -0.2) is 58.0 Å². The Kier molecular flexibility index (Phi) is 11.4. The van der Waals surface area contributed by atoms with Crippen LogP contribution in [0.2, 0.25) is 0 Å². The third-order valence-corrected chi connectivity index (χ3v) is 9.23. The highest BCUT2D eigenvalue weighted by Crippen LogP contribution is 2.34. The summed E-state index contributed by atoms with van der Waals surface area (Å²) in [5.41, 5.74) is 1.88. The molecule has 2 atom stereocenters. The highest BCUT2D eigenvalue weighted by Gasteiger charge is 2.33. The number of hydrogen-bond acceptors (Lipinski definition) is 6. The second-order valence-electron chi connectivity index (χ2n) is 10.0. The van der Waals surface area contributed by atoms with Gasteiger partial charge in [0.2, 0.25) is 11.8 Å². The summed E-state index contributed by atoms with van der Waals surface area (Å²) in [4.78, 5) is 28.7. The molecule has 0 saturated carbocycles. The number of carbonyl (C=O) groups excluding carboxylic acids is 2. The molecular weight excluding hydrogens is 622 g/mol. The minimum atomic E-state index is -4.21. The molecule has 0 radical (unpaired) electrons. The molecule has 9 nitrogen and oxygen atoms in total. The van der Waals surface area contributed by atoms with Gasteiger partial charge in [0.15, 0.2) is 11.5 Å². The van der Waals surface area contributed by atoms with Crippen LogP contribution in [0.4, 0.5) is 5.69 Å². The maximum absolute atomic E-state index is 14.1. The number of aryl methyl sites for hydroxylation is 1. The minimum Gasteiger partial charge on any atom is -0.493 e. The van der Waals surface area contributed by atoms with E-state index < -0.39 is 28.5 Å². The van der Waals surface area contributed by atoms with Crippen molar-refractivity contribution in [2.75, 3.05) is 25.1 Å². The lowest BCUT2D eigenvalue weighted by atomic mass is 10.1. The van der Waals surface area contributed by atoms with Crippen LogP contribution in [-0.2, 0) is 26.2 Å². The summed E-state index contributed by atoms with van der Waals surface area (Å²) in [6.45, 7) is 6.88. The first-order valence-electron chi connectivity index (χ1n) is 13.6. The topological polar surface area (TPSA) is 105 Å². The normalized spacial score (nSPS) is 12.6. The second kappa shape index (κ2) is 14.6. The molecule has 0 aliphatic rings. The van der Waals surface area contributed by atoms with Gasteiger partial charge in [-0.25, -0.2) is 8.42 Å². The quantitative estimate of drug-likeness (QED) is 0.267. The molecule has 11 heteroatoms. The fourth-order valence-electron chi connectivity index (χ4n) is 4.23. The van der Waals surface area contributed by atoms with Crippen LogP contribution in [0.3, 0.4) is 0 Å². The lowest BCUT2D eigenvalue weighted by Crippen LogP contribution is -2.52. The van der Waals surface area contributed by atoms with E-state index in [4.69, 9.17) is 9.47 Å². The molecule has 0 aromatic heterocycles. The van der Waals surface area contributed by atoms with E-state index in [0.29, 0.717) is 11.5 Å². The Labute approximate surface area is 257 Å². The molecule has 2 unspecified atom stereocenters. The molecule has 0 heterocycles. The van der Waals surface area contributed by atoms with Gasteiger partial charge in [-0.3, -0.25) is 13.9 Å². The zero-order valence-corrected chi connectivity index (χ0v) is 27.2. The van der Waals surface area contributed by atoms with Gasteiger partial charge in [0.25, 0.3) is 10.0 Å². The Morgan fingerprint density at radius 1 is 0.952 bits per heavy atom. The number of nitrogens with one attached hydrogen (secondary N) is 1. The molecular formula is C31H38BrN3O6S. The second-order valence-corrected chi connectivity index (χ2v) is 12.8. The Morgan fingerprint density at radius 2 is 1.62 bits per heavy atom. The van der Waals surface area contributed by atoms with Gasteiger partial charge in [0.05, 0.1) is 24.8 Å². The smallest absolute Gasteiger partial charge is 0.264 e. The molecule has 3 rings (SSSR count). The molecule has 0 spiro atoms. The van der Waals surface area contributed by atoms with Crippen molar-refractivity contribution in [2.45, 2.75) is 57.6 Å². The summed E-state index contributed by atoms with van der Waals surface area (Å²) in [5, 5.41) is 2.93. The first-order valence-corrected chi connectivity index (χ1v) is 15.8. The molecule has 3 aromatic carbocycles. The summed E-state index contributed by atoms with van der Waals surface area (Å²) in [6.07, 6.45) is 0.722. The Morgan fingerprint density at radius 3 is 2.21 bits per heavy atom. The van der Waals surface area contributed by atoms with Crippen LogP contribution in [0.5, 0.6) is 11.5 Å². The highest BCUT2D eigenvalue weighted by atomic mass is 79.9. The van der Waals surface area contributed by atoms with Gasteiger partial charge in [-0.2, -0.15) is 0 Å². The third-order valence-electron chi connectivity index (χ3n) is 6.95. The maximum atomic E-state index is 14.1. The fraction of sp³-hybridized carbons (Fsp3) is 0.355. The Bertz CT molecular complexity index is 1500. The minimum absolute atomic E-state index is 0.0248. The molecule has 0 saturated heterocycles. The van der Waals surface area contributed by atoms with Gasteiger partial charge in [-0.1, -0.05) is 52.7 Å². The van der Waals surface area contributed by atoms with Gasteiger partial charge in [0.1, 0.15) is 12.6 Å². The van der Waals surface area contributed by atoms with Gasteiger partial charge in [0, 0.05) is 23.1 Å². The van der Waals surface area contributed by atoms with Crippen molar-refractivity contribution in [2.24, 2.45) is 0 Å². The summed E-state index contributed by atoms with van der Waals surface area (Å²) < 4.78 is 40.7. The molecule has 0 aliphatic carbocycles. The molecule has 2 amide bonds. The maximum Gasteiger partial charge on any atom is 0.264 e. The molecule has 0 fully saturated rings. The number of hydrogen-bond donors (Lipinski definition) is 1. The number of methoxy groups -OCH3 is 2. The number of carbonyl (C=O) groups is 2. The van der Waals surface area contributed by atoms with E-state index in [1.807, 2.05) is 45.0 Å². The third kappa shape index (κ3) is 8.04. The van der Waals surface area contributed by atoms with E-state index in [1.54, 1.807) is 31.2 Å². The summed E-state index contributed by atoms with van der Waals surface area (Å²) in [6, 6.07) is 17.5. The largest absolute Gasteiger partial charge is 0.493 e. The number of halogens is 1. The predicted octanol–water partition coefficient (Wildman–Crippen LogP) is 5.30. The van der Waals surface area contributed by atoms with Gasteiger partial charge in [-0.15, -0.1) is 0 Å². The van der Waals surface area contributed by atoms with Gasteiger partial charge < -0.3 is 19.7 Å². The van der Waals surface area contributed by atoms with Crippen molar-refractivity contribution in [1.82, 2.24) is 10.2 Å². The number of nitrogens with zero attached hydrogens (tertiary/aromatic N) is 2. The van der Waals surface area contributed by atoms with E-state index in [-0.39, 0.29) is 29.1 Å². The van der Waals surface area contributed by atoms with E-state index in [1.165, 1.54) is 37.3 Å². The monoisotopic (exact) mass is 659 g/mol. The average molecular weight is 661 g/mol. The highest BCUT2D eigenvalue weighted by molar-refractivity contribution is 9.10. The van der Waals surface area contributed by atoms with Crippen LogP contribution in [0.25, 0.3) is 0 Å². The SMILES string of the molecule is CCC(C)NC(=O)C(C)N(Cc1cccc(Br)c1)C(=O)CN(c1ccc(OC)c(OC)c1)S(=O)(=O)c1ccc(C)cc1. The van der Waals surface area contributed by atoms with Gasteiger partial charge >= 0.3 is 0 Å². The summed E-state index contributed by atoms with van der Waals surface area (Å²) in [7, 11) is -1.28. The Hall–Kier alpha value is -3.57. The zero-order valence-electron chi connectivity index (χ0n) is 24.8. The first-order chi connectivity index (χ1) is 19.9. The Balaban J connectivity index is 2.09. The lowest BCUT2D eigenvalue weighted by Gasteiger charge is -2.32. The number of rotatable bonds is 13. The van der Waals surface area contributed by atoms with Crippen molar-refractivity contribution in [1.29, 1.82) is 0 Å². The number of ether oxygens (including phenoxy) is 2. The van der Waals surface area contributed by atoms with Crippen LogP contribution < -0.4 is 19.1 Å². The van der Waals surface area contributed by atoms with Crippen molar-refractivity contribution in [3.8, 4) is 11.5 Å². The number of sulfonamides is 1. The number of anilines is 1. The van der Waals surface area contributed by atoms with Crippen molar-refractivity contribution >= 4 is 43.5 Å². The average Bonchev–Trinajstić information content (AvgIpc) is 2.97. The first kappa shape index (κ1) is 32.9. The molecule has 226 valence electrons. The zero-order chi connectivity index (χ0) is 31.0. The number of amides is 2. The van der Waals surface area contributed by atoms with Crippen LogP contribution in [0.1, 0.15) is 38.3 Å². The van der Waals surface area contributed by atoms with Crippen molar-refractivity contribution < 1.29 is 27.5 Å². The van der Waals surface area contributed by atoms with Crippen molar-refractivity contribution in [3.63, 3.8) is 0 Å². The molecule has 42 heavy (non-hydrogen) atoms. The summed E-state index contributed by atoms with van der Waals surface area (Å²) >= 11 is 3.46. The van der Waals surface area contributed by atoms with E-state index in [2.05, 4.69) is 21.2 Å². The van der Waals surface area contributed by atoms with Crippen LogP contribution >= 0.6 is 15.9 Å². The standard InChI is InChI=1S/C31H38BrN3O6S/c1-7-22(3)33-31(37)23(4)34(19-24-9-8-10-25(32)17-24)30(36)20-35(26-13-16-28(40-5)29(18-26)41-6)42(38,39)27-14-11-21(2)12-15-27/h8-18,22-23H,7,19-20H2,1-6H3,(H,33,37). The van der Waals surface area contributed by atoms with Crippen molar-refractivity contribution in [3.05, 3.63) is 82.3 Å². The predicted molar refractivity (Wildman–Crippen MR) is 167 cm³/mol. The van der Waals surface area contributed by atoms with Crippen LogP contribution in [0.15, 0.2) is 76.1 Å².